The van der Waals surface area contributed by atoms with Crippen molar-refractivity contribution in [3.63, 3.8) is 0 Å². The highest BCUT2D eigenvalue weighted by Crippen LogP contribution is 2.37. The normalized spacial score (nSPS) is 13.1. The van der Waals surface area contributed by atoms with Crippen molar-refractivity contribution >= 4 is 11.6 Å². The van der Waals surface area contributed by atoms with Gasteiger partial charge in [0.15, 0.2) is 11.5 Å². The molecule has 0 aliphatic rings. The molecular weight excluding hydrogens is 262 g/mol. The zero-order chi connectivity index (χ0) is 14.1. The van der Waals surface area contributed by atoms with Crippen LogP contribution in [0.3, 0.4) is 0 Å². The Morgan fingerprint density at radius 3 is 2.28 bits per heavy atom. The van der Waals surface area contributed by atoms with Gasteiger partial charge in [-0.1, -0.05) is 0 Å². The van der Waals surface area contributed by atoms with Gasteiger partial charge in [0, 0.05) is 12.1 Å². The van der Waals surface area contributed by atoms with Crippen molar-refractivity contribution in [2.24, 2.45) is 0 Å². The highest BCUT2D eigenvalue weighted by molar-refractivity contribution is 5.96. The van der Waals surface area contributed by atoms with Crippen molar-refractivity contribution in [1.29, 1.82) is 0 Å². The molecule has 0 aliphatic heterocycles. The minimum atomic E-state index is -5.39. The number of aromatic hydroxyl groups is 3. The van der Waals surface area contributed by atoms with Crippen molar-refractivity contribution < 1.29 is 37.7 Å². The lowest BCUT2D eigenvalue weighted by Crippen LogP contribution is -2.36. The number of amides is 1. The van der Waals surface area contributed by atoms with Gasteiger partial charge in [-0.25, -0.2) is 4.39 Å². The first kappa shape index (κ1) is 13.9. The van der Waals surface area contributed by atoms with Gasteiger partial charge >= 0.3 is 6.18 Å². The number of hydrogen-bond acceptors (Lipinski definition) is 4. The lowest BCUT2D eigenvalue weighted by molar-refractivity contribution is -0.183. The van der Waals surface area contributed by atoms with E-state index in [1.54, 1.807) is 0 Å². The molecule has 1 aromatic carbocycles. The van der Waals surface area contributed by atoms with Crippen molar-refractivity contribution in [3.8, 4) is 17.2 Å². The van der Waals surface area contributed by atoms with Crippen LogP contribution in [0.2, 0.25) is 0 Å². The number of carbonyl (C=O) groups excluding carboxylic acids is 1. The quantitative estimate of drug-likeness (QED) is 0.373. The van der Waals surface area contributed by atoms with Crippen LogP contribution in [-0.2, 0) is 4.79 Å². The molecule has 9 heteroatoms. The van der Waals surface area contributed by atoms with E-state index in [4.69, 9.17) is 10.2 Å². The summed E-state index contributed by atoms with van der Waals surface area (Å²) in [5, 5.41) is 28.6. The largest absolute Gasteiger partial charge is 0.508 e. The fourth-order valence-corrected chi connectivity index (χ4v) is 1.04. The average Bonchev–Trinajstić information content (AvgIpc) is 2.22. The molecule has 1 unspecified atom stereocenters. The first-order valence-electron chi connectivity index (χ1n) is 4.39. The Balaban J connectivity index is 2.96. The van der Waals surface area contributed by atoms with Gasteiger partial charge in [0.05, 0.1) is 5.69 Å². The van der Waals surface area contributed by atoms with Crippen LogP contribution in [0.4, 0.5) is 23.2 Å². The van der Waals surface area contributed by atoms with Crippen LogP contribution >= 0.6 is 0 Å². The Bertz CT molecular complexity index is 474. The number of rotatable bonds is 2. The molecule has 0 bridgehead atoms. The molecule has 5 nitrogen and oxygen atoms in total. The van der Waals surface area contributed by atoms with Crippen LogP contribution in [-0.4, -0.2) is 33.6 Å². The van der Waals surface area contributed by atoms with Gasteiger partial charge in [-0.05, 0) is 0 Å². The van der Waals surface area contributed by atoms with Gasteiger partial charge in [0.1, 0.15) is 5.75 Å². The van der Waals surface area contributed by atoms with Crippen molar-refractivity contribution in [2.75, 3.05) is 5.32 Å². The first-order valence-corrected chi connectivity index (χ1v) is 4.39. The zero-order valence-corrected chi connectivity index (χ0v) is 8.49. The topological polar surface area (TPSA) is 89.8 Å². The predicted molar refractivity (Wildman–Crippen MR) is 51.0 cm³/mol. The van der Waals surface area contributed by atoms with E-state index in [2.05, 4.69) is 0 Å². The molecule has 0 saturated carbocycles. The molecule has 0 radical (unpaired) electrons. The summed E-state index contributed by atoms with van der Waals surface area (Å²) < 4.78 is 48.2. The molecule has 1 atom stereocenters. The SMILES string of the molecule is O=C(Nc1cc(O)cc(O)c1O)C(F)C(F)(F)F. The van der Waals surface area contributed by atoms with E-state index in [1.807, 2.05) is 0 Å². The van der Waals surface area contributed by atoms with Crippen LogP contribution in [0.5, 0.6) is 17.2 Å². The summed E-state index contributed by atoms with van der Waals surface area (Å²) in [7, 11) is 0. The Labute approximate surface area is 97.3 Å². The fraction of sp³-hybridized carbons (Fsp3) is 0.222. The van der Waals surface area contributed by atoms with E-state index in [0.29, 0.717) is 12.1 Å². The standard InChI is InChI=1S/C9H7F4NO4/c10-7(9(11,12)13)8(18)14-4-1-3(15)2-5(16)6(4)17/h1-2,7,15-17H,(H,14,18). The Morgan fingerprint density at radius 1 is 1.22 bits per heavy atom. The molecule has 0 aliphatic carbocycles. The third-order valence-electron chi connectivity index (χ3n) is 1.85. The zero-order valence-electron chi connectivity index (χ0n) is 8.49. The van der Waals surface area contributed by atoms with Gasteiger partial charge in [-0.15, -0.1) is 0 Å². The molecule has 0 aromatic heterocycles. The Kier molecular flexibility index (Phi) is 3.54. The third-order valence-corrected chi connectivity index (χ3v) is 1.85. The van der Waals surface area contributed by atoms with Crippen LogP contribution in [0.25, 0.3) is 0 Å². The van der Waals surface area contributed by atoms with Crippen molar-refractivity contribution in [2.45, 2.75) is 12.3 Å². The summed E-state index contributed by atoms with van der Waals surface area (Å²) in [5.74, 6) is -4.59. The second-order valence-electron chi connectivity index (χ2n) is 3.25. The van der Waals surface area contributed by atoms with E-state index in [9.17, 15) is 27.5 Å². The van der Waals surface area contributed by atoms with Gasteiger partial charge in [0.2, 0.25) is 0 Å². The van der Waals surface area contributed by atoms with Crippen LogP contribution < -0.4 is 5.32 Å². The molecule has 0 spiro atoms. The van der Waals surface area contributed by atoms with Gasteiger partial charge in [-0.2, -0.15) is 13.2 Å². The summed E-state index contributed by atoms with van der Waals surface area (Å²) in [6.45, 7) is 0. The second kappa shape index (κ2) is 4.59. The number of benzene rings is 1. The first-order chi connectivity index (χ1) is 8.12. The number of phenolic OH excluding ortho intramolecular Hbond substituents is 3. The number of hydrogen-bond donors (Lipinski definition) is 4. The molecule has 1 aromatic rings. The molecular formula is C9H7F4NO4. The van der Waals surface area contributed by atoms with E-state index in [1.165, 1.54) is 5.32 Å². The van der Waals surface area contributed by atoms with Gasteiger partial charge in [-0.3, -0.25) is 4.79 Å². The average molecular weight is 269 g/mol. The lowest BCUT2D eigenvalue weighted by Gasteiger charge is -2.13. The molecule has 18 heavy (non-hydrogen) atoms. The minimum Gasteiger partial charge on any atom is -0.508 e. The third kappa shape index (κ3) is 2.93. The smallest absolute Gasteiger partial charge is 0.428 e. The maximum atomic E-state index is 12.6. The molecule has 0 fully saturated rings. The summed E-state index contributed by atoms with van der Waals surface area (Å²) in [5.41, 5.74) is -0.746. The highest BCUT2D eigenvalue weighted by Gasteiger charge is 2.45. The number of halogens is 4. The number of carbonyl (C=O) groups is 1. The number of phenols is 3. The summed E-state index contributed by atoms with van der Waals surface area (Å²) in [6.07, 6.45) is -9.18. The van der Waals surface area contributed by atoms with Crippen LogP contribution in [0.1, 0.15) is 0 Å². The van der Waals surface area contributed by atoms with Crippen LogP contribution in [0, 0.1) is 0 Å². The van der Waals surface area contributed by atoms with E-state index < -0.39 is 41.2 Å². The van der Waals surface area contributed by atoms with E-state index in [-0.39, 0.29) is 0 Å². The van der Waals surface area contributed by atoms with Crippen LogP contribution in [0.15, 0.2) is 12.1 Å². The van der Waals surface area contributed by atoms with Gasteiger partial charge < -0.3 is 20.6 Å². The predicted octanol–water partition coefficient (Wildman–Crippen LogP) is 1.64. The molecule has 100 valence electrons. The minimum absolute atomic E-state index is 0.636. The molecule has 0 heterocycles. The van der Waals surface area contributed by atoms with Crippen molar-refractivity contribution in [1.82, 2.24) is 0 Å². The van der Waals surface area contributed by atoms with Gasteiger partial charge in [0.25, 0.3) is 12.1 Å². The maximum absolute atomic E-state index is 12.6. The summed E-state index contributed by atoms with van der Waals surface area (Å²) in [4.78, 5) is 10.9. The Hall–Kier alpha value is -2.19. The number of anilines is 1. The summed E-state index contributed by atoms with van der Waals surface area (Å²) in [6, 6.07) is 1.33. The molecule has 4 N–H and O–H groups in total. The monoisotopic (exact) mass is 269 g/mol. The number of nitrogens with one attached hydrogen (secondary N) is 1. The molecule has 1 amide bonds. The molecule has 0 saturated heterocycles. The molecule has 1 rings (SSSR count). The fourth-order valence-electron chi connectivity index (χ4n) is 1.04. The Morgan fingerprint density at radius 2 is 1.78 bits per heavy atom. The highest BCUT2D eigenvalue weighted by atomic mass is 19.4. The number of alkyl halides is 4. The second-order valence-corrected chi connectivity index (χ2v) is 3.25. The lowest BCUT2D eigenvalue weighted by atomic mass is 10.2. The maximum Gasteiger partial charge on any atom is 0.428 e. The van der Waals surface area contributed by atoms with Crippen molar-refractivity contribution in [3.05, 3.63) is 12.1 Å². The van der Waals surface area contributed by atoms with E-state index in [0.717, 1.165) is 0 Å². The summed E-state index contributed by atoms with van der Waals surface area (Å²) >= 11 is 0. The van der Waals surface area contributed by atoms with E-state index >= 15 is 0 Å².